The fraction of sp³-hybridized carbons (Fsp3) is 0.600. The molecule has 0 bridgehead atoms. The highest BCUT2D eigenvalue weighted by Crippen LogP contribution is 2.34. The Hall–Kier alpha value is -1.22. The van der Waals surface area contributed by atoms with Crippen molar-refractivity contribution in [3.63, 3.8) is 0 Å². The van der Waals surface area contributed by atoms with Crippen LogP contribution in [0.5, 0.6) is 11.5 Å². The smallest absolute Gasteiger partial charge is 0.231 e. The average molecular weight is 247 g/mol. The van der Waals surface area contributed by atoms with Crippen LogP contribution >= 0.6 is 0 Å². The standard InChI is InChI=1S/C15H21NO2/c1-11(16-8-7-12-3-2-4-12)13-5-6-14-15(9-13)18-10-17-14/h5-6,9,11-12,16H,2-4,7-8,10H2,1H3. The van der Waals surface area contributed by atoms with Gasteiger partial charge in [0.1, 0.15) is 0 Å². The van der Waals surface area contributed by atoms with Gasteiger partial charge in [-0.15, -0.1) is 0 Å². The summed E-state index contributed by atoms with van der Waals surface area (Å²) in [5, 5.41) is 3.59. The van der Waals surface area contributed by atoms with E-state index in [9.17, 15) is 0 Å². The molecule has 98 valence electrons. The second kappa shape index (κ2) is 5.19. The van der Waals surface area contributed by atoms with E-state index in [0.717, 1.165) is 24.0 Å². The fourth-order valence-corrected chi connectivity index (χ4v) is 2.59. The third kappa shape index (κ3) is 2.46. The molecule has 2 aliphatic rings. The molecule has 1 unspecified atom stereocenters. The lowest BCUT2D eigenvalue weighted by molar-refractivity contribution is 0.174. The number of ether oxygens (including phenoxy) is 2. The molecule has 1 fully saturated rings. The van der Waals surface area contributed by atoms with E-state index in [1.165, 1.54) is 31.2 Å². The third-order valence-corrected chi connectivity index (χ3v) is 4.12. The van der Waals surface area contributed by atoms with Gasteiger partial charge in [-0.25, -0.2) is 0 Å². The maximum atomic E-state index is 5.41. The quantitative estimate of drug-likeness (QED) is 0.866. The van der Waals surface area contributed by atoms with Gasteiger partial charge in [-0.05, 0) is 43.5 Å². The van der Waals surface area contributed by atoms with Crippen LogP contribution in [0.25, 0.3) is 0 Å². The van der Waals surface area contributed by atoms with E-state index in [4.69, 9.17) is 9.47 Å². The van der Waals surface area contributed by atoms with Gasteiger partial charge in [-0.3, -0.25) is 0 Å². The predicted octanol–water partition coefficient (Wildman–Crippen LogP) is 3.26. The zero-order chi connectivity index (χ0) is 12.4. The summed E-state index contributed by atoms with van der Waals surface area (Å²) in [6, 6.07) is 6.58. The highest BCUT2D eigenvalue weighted by Gasteiger charge is 2.18. The van der Waals surface area contributed by atoms with Crippen molar-refractivity contribution in [1.82, 2.24) is 5.32 Å². The first-order chi connectivity index (χ1) is 8.83. The van der Waals surface area contributed by atoms with Crippen LogP contribution in [0.1, 0.15) is 44.2 Å². The van der Waals surface area contributed by atoms with Crippen molar-refractivity contribution < 1.29 is 9.47 Å². The molecule has 1 aliphatic heterocycles. The third-order valence-electron chi connectivity index (χ3n) is 4.12. The van der Waals surface area contributed by atoms with Crippen molar-refractivity contribution in [1.29, 1.82) is 0 Å². The lowest BCUT2D eigenvalue weighted by Gasteiger charge is -2.26. The molecule has 1 N–H and O–H groups in total. The molecule has 1 atom stereocenters. The number of fused-ring (bicyclic) bond motifs is 1. The first-order valence-corrected chi connectivity index (χ1v) is 6.96. The van der Waals surface area contributed by atoms with Crippen LogP contribution in [-0.2, 0) is 0 Å². The summed E-state index contributed by atoms with van der Waals surface area (Å²) in [5.74, 6) is 2.71. The van der Waals surface area contributed by atoms with Crippen molar-refractivity contribution in [2.45, 2.75) is 38.6 Å². The first kappa shape index (κ1) is 11.8. The highest BCUT2D eigenvalue weighted by atomic mass is 16.7. The topological polar surface area (TPSA) is 30.5 Å². The summed E-state index contributed by atoms with van der Waals surface area (Å²) in [4.78, 5) is 0. The van der Waals surface area contributed by atoms with E-state index >= 15 is 0 Å². The lowest BCUT2D eigenvalue weighted by atomic mass is 9.83. The Bertz CT molecular complexity index is 415. The van der Waals surface area contributed by atoms with Crippen molar-refractivity contribution in [2.24, 2.45) is 5.92 Å². The first-order valence-electron chi connectivity index (χ1n) is 6.96. The van der Waals surface area contributed by atoms with E-state index in [-0.39, 0.29) is 0 Å². The van der Waals surface area contributed by atoms with Gasteiger partial charge in [0.2, 0.25) is 6.79 Å². The molecule has 0 spiro atoms. The summed E-state index contributed by atoms with van der Waals surface area (Å²) < 4.78 is 10.7. The van der Waals surface area contributed by atoms with Crippen LogP contribution < -0.4 is 14.8 Å². The van der Waals surface area contributed by atoms with Gasteiger partial charge in [0.05, 0.1) is 0 Å². The zero-order valence-electron chi connectivity index (χ0n) is 10.9. The average Bonchev–Trinajstić information content (AvgIpc) is 2.79. The maximum absolute atomic E-state index is 5.41. The molecule has 0 amide bonds. The summed E-state index contributed by atoms with van der Waals surface area (Å²) >= 11 is 0. The van der Waals surface area contributed by atoms with Crippen LogP contribution in [0.3, 0.4) is 0 Å². The molecule has 1 saturated carbocycles. The van der Waals surface area contributed by atoms with Crippen LogP contribution in [0.15, 0.2) is 18.2 Å². The highest BCUT2D eigenvalue weighted by molar-refractivity contribution is 5.45. The lowest BCUT2D eigenvalue weighted by Crippen LogP contribution is -2.24. The Morgan fingerprint density at radius 2 is 2.11 bits per heavy atom. The summed E-state index contributed by atoms with van der Waals surface area (Å²) in [6.45, 7) is 3.67. The van der Waals surface area contributed by atoms with Crippen LogP contribution in [0.2, 0.25) is 0 Å². The molecule has 18 heavy (non-hydrogen) atoms. The van der Waals surface area contributed by atoms with Gasteiger partial charge in [0.15, 0.2) is 11.5 Å². The molecule has 3 rings (SSSR count). The minimum Gasteiger partial charge on any atom is -0.454 e. The van der Waals surface area contributed by atoms with Crippen molar-refractivity contribution >= 4 is 0 Å². The molecule has 1 aromatic carbocycles. The summed E-state index contributed by atoms with van der Waals surface area (Å²) in [7, 11) is 0. The van der Waals surface area contributed by atoms with Crippen molar-refractivity contribution in [3.05, 3.63) is 23.8 Å². The second-order valence-electron chi connectivity index (χ2n) is 5.37. The van der Waals surface area contributed by atoms with Gasteiger partial charge in [0, 0.05) is 6.04 Å². The van der Waals surface area contributed by atoms with E-state index in [1.807, 2.05) is 6.07 Å². The number of rotatable bonds is 5. The Morgan fingerprint density at radius 1 is 1.28 bits per heavy atom. The Balaban J connectivity index is 1.53. The maximum Gasteiger partial charge on any atom is 0.231 e. The number of benzene rings is 1. The van der Waals surface area contributed by atoms with Crippen molar-refractivity contribution in [2.75, 3.05) is 13.3 Å². The summed E-state index contributed by atoms with van der Waals surface area (Å²) in [5.41, 5.74) is 1.27. The number of hydrogen-bond donors (Lipinski definition) is 1. The Kier molecular flexibility index (Phi) is 3.41. The molecule has 3 nitrogen and oxygen atoms in total. The Morgan fingerprint density at radius 3 is 2.89 bits per heavy atom. The molecule has 1 aromatic rings. The number of nitrogens with one attached hydrogen (secondary N) is 1. The number of hydrogen-bond acceptors (Lipinski definition) is 3. The van der Waals surface area contributed by atoms with Gasteiger partial charge < -0.3 is 14.8 Å². The zero-order valence-corrected chi connectivity index (χ0v) is 10.9. The van der Waals surface area contributed by atoms with Gasteiger partial charge >= 0.3 is 0 Å². The molecule has 1 aliphatic carbocycles. The van der Waals surface area contributed by atoms with Gasteiger partial charge in [0.25, 0.3) is 0 Å². The second-order valence-corrected chi connectivity index (χ2v) is 5.37. The fourth-order valence-electron chi connectivity index (χ4n) is 2.59. The minimum absolute atomic E-state index is 0.349. The van der Waals surface area contributed by atoms with E-state index < -0.39 is 0 Å². The van der Waals surface area contributed by atoms with Crippen LogP contribution in [-0.4, -0.2) is 13.3 Å². The van der Waals surface area contributed by atoms with Gasteiger partial charge in [-0.1, -0.05) is 25.3 Å². The monoisotopic (exact) mass is 247 g/mol. The molecular formula is C15H21NO2. The predicted molar refractivity (Wildman–Crippen MR) is 70.9 cm³/mol. The van der Waals surface area contributed by atoms with E-state index in [0.29, 0.717) is 12.8 Å². The normalized spacial score (nSPS) is 19.6. The molecule has 0 aromatic heterocycles. The summed E-state index contributed by atoms with van der Waals surface area (Å²) in [6.07, 6.45) is 5.61. The van der Waals surface area contributed by atoms with Gasteiger partial charge in [-0.2, -0.15) is 0 Å². The molecule has 1 heterocycles. The Labute approximate surface area is 108 Å². The van der Waals surface area contributed by atoms with Crippen LogP contribution in [0, 0.1) is 5.92 Å². The molecular weight excluding hydrogens is 226 g/mol. The largest absolute Gasteiger partial charge is 0.454 e. The molecule has 0 saturated heterocycles. The van der Waals surface area contributed by atoms with Crippen molar-refractivity contribution in [3.8, 4) is 11.5 Å². The van der Waals surface area contributed by atoms with E-state index in [2.05, 4.69) is 24.4 Å². The minimum atomic E-state index is 0.349. The molecule has 3 heteroatoms. The van der Waals surface area contributed by atoms with E-state index in [1.54, 1.807) is 0 Å². The SMILES string of the molecule is CC(NCCC1CCC1)c1ccc2c(c1)OCO2. The molecule has 0 radical (unpaired) electrons. The van der Waals surface area contributed by atoms with Crippen LogP contribution in [0.4, 0.5) is 0 Å².